The normalized spacial score (nSPS) is 13.0. The van der Waals surface area contributed by atoms with Crippen LogP contribution in [0.15, 0.2) is 11.1 Å². The lowest BCUT2D eigenvalue weighted by Crippen LogP contribution is -1.76. The summed E-state index contributed by atoms with van der Waals surface area (Å²) >= 11 is 5.53. The van der Waals surface area contributed by atoms with Gasteiger partial charge >= 0.3 is 0 Å². The number of allylic oxidation sites excluding steroid dienone is 2. The minimum atomic E-state index is 0.581. The summed E-state index contributed by atoms with van der Waals surface area (Å²) in [6.07, 6.45) is 2.02. The smallest absolute Gasteiger partial charge is 0.0112 e. The highest BCUT2D eigenvalue weighted by Crippen LogP contribution is 2.03. The van der Waals surface area contributed by atoms with Gasteiger partial charge in [0.05, 0.1) is 0 Å². The molecule has 0 aliphatic carbocycles. The summed E-state index contributed by atoms with van der Waals surface area (Å²) in [5.41, 5.74) is 0. The predicted molar refractivity (Wildman–Crippen MR) is 34.4 cm³/mol. The second-order valence-electron chi connectivity index (χ2n) is 2.00. The standard InChI is InChI=1S/C6H11Cl/c1-5(2)4-6(3)7/h4-5H,1-3H3/b6-4+. The second-order valence-corrected chi connectivity index (χ2v) is 2.59. The Morgan fingerprint density at radius 3 is 2.00 bits per heavy atom. The monoisotopic (exact) mass is 118 g/mol. The van der Waals surface area contributed by atoms with Crippen LogP contribution in [0.1, 0.15) is 20.8 Å². The van der Waals surface area contributed by atoms with E-state index in [0.717, 1.165) is 5.03 Å². The van der Waals surface area contributed by atoms with Crippen molar-refractivity contribution < 1.29 is 0 Å². The summed E-state index contributed by atoms with van der Waals surface area (Å²) in [4.78, 5) is 0. The van der Waals surface area contributed by atoms with Crippen LogP contribution in [-0.2, 0) is 0 Å². The van der Waals surface area contributed by atoms with Gasteiger partial charge in [-0.3, -0.25) is 0 Å². The Bertz CT molecular complexity index is 68.2. The van der Waals surface area contributed by atoms with Gasteiger partial charge in [-0.15, -0.1) is 0 Å². The summed E-state index contributed by atoms with van der Waals surface area (Å²) in [5, 5.41) is 0.884. The van der Waals surface area contributed by atoms with Gasteiger partial charge in [0.1, 0.15) is 0 Å². The van der Waals surface area contributed by atoms with Gasteiger partial charge in [-0.1, -0.05) is 31.5 Å². The van der Waals surface area contributed by atoms with Crippen LogP contribution in [0, 0.1) is 5.92 Å². The largest absolute Gasteiger partial charge is 0.0898 e. The molecular weight excluding hydrogens is 108 g/mol. The zero-order valence-electron chi connectivity index (χ0n) is 5.03. The fraction of sp³-hybridized carbons (Fsp3) is 0.667. The number of hydrogen-bond acceptors (Lipinski definition) is 0. The fourth-order valence-electron chi connectivity index (χ4n) is 0.459. The second kappa shape index (κ2) is 3.09. The SMILES string of the molecule is C/C(Cl)=C\C(C)C. The first-order valence-corrected chi connectivity index (χ1v) is 2.84. The number of hydrogen-bond donors (Lipinski definition) is 0. The Balaban J connectivity index is 3.45. The molecule has 0 nitrogen and oxygen atoms in total. The van der Waals surface area contributed by atoms with E-state index in [2.05, 4.69) is 13.8 Å². The van der Waals surface area contributed by atoms with Crippen LogP contribution in [0.4, 0.5) is 0 Å². The summed E-state index contributed by atoms with van der Waals surface area (Å²) in [7, 11) is 0. The van der Waals surface area contributed by atoms with Crippen molar-refractivity contribution in [1.82, 2.24) is 0 Å². The summed E-state index contributed by atoms with van der Waals surface area (Å²) in [6.45, 7) is 6.10. The van der Waals surface area contributed by atoms with Crippen LogP contribution >= 0.6 is 11.6 Å². The molecule has 7 heavy (non-hydrogen) atoms. The third kappa shape index (κ3) is 6.03. The molecule has 0 fully saturated rings. The van der Waals surface area contributed by atoms with Gasteiger partial charge in [0.25, 0.3) is 0 Å². The lowest BCUT2D eigenvalue weighted by molar-refractivity contribution is 0.828. The summed E-state index contributed by atoms with van der Waals surface area (Å²) in [6, 6.07) is 0. The Hall–Kier alpha value is 0.0300. The van der Waals surface area contributed by atoms with E-state index in [0.29, 0.717) is 5.92 Å². The molecule has 0 rings (SSSR count). The molecule has 0 aromatic rings. The van der Waals surface area contributed by atoms with Gasteiger partial charge in [-0.05, 0) is 12.8 Å². The van der Waals surface area contributed by atoms with E-state index in [9.17, 15) is 0 Å². The van der Waals surface area contributed by atoms with E-state index in [4.69, 9.17) is 11.6 Å². The Morgan fingerprint density at radius 2 is 2.00 bits per heavy atom. The zero-order chi connectivity index (χ0) is 5.86. The highest BCUT2D eigenvalue weighted by atomic mass is 35.5. The van der Waals surface area contributed by atoms with Crippen LogP contribution in [0.5, 0.6) is 0 Å². The van der Waals surface area contributed by atoms with Crippen molar-refractivity contribution in [3.8, 4) is 0 Å². The summed E-state index contributed by atoms with van der Waals surface area (Å²) in [5.74, 6) is 0.581. The molecule has 0 heterocycles. The molecule has 0 amide bonds. The van der Waals surface area contributed by atoms with Crippen molar-refractivity contribution in [2.24, 2.45) is 5.92 Å². The highest BCUT2D eigenvalue weighted by molar-refractivity contribution is 6.29. The molecule has 0 atom stereocenters. The number of rotatable bonds is 1. The predicted octanol–water partition coefficient (Wildman–Crippen LogP) is 2.79. The quantitative estimate of drug-likeness (QED) is 0.497. The molecule has 0 radical (unpaired) electrons. The number of halogens is 1. The van der Waals surface area contributed by atoms with Crippen LogP contribution in [-0.4, -0.2) is 0 Å². The molecule has 0 saturated carbocycles. The molecule has 1 heteroatoms. The van der Waals surface area contributed by atoms with E-state index < -0.39 is 0 Å². The topological polar surface area (TPSA) is 0 Å². The molecule has 0 unspecified atom stereocenters. The Kier molecular flexibility index (Phi) is 3.10. The zero-order valence-corrected chi connectivity index (χ0v) is 5.79. The molecule has 42 valence electrons. The van der Waals surface area contributed by atoms with Crippen molar-refractivity contribution in [2.45, 2.75) is 20.8 Å². The fourth-order valence-corrected chi connectivity index (χ4v) is 0.711. The minimum Gasteiger partial charge on any atom is -0.0898 e. The maximum absolute atomic E-state index is 5.53. The lowest BCUT2D eigenvalue weighted by atomic mass is 10.2. The average molecular weight is 119 g/mol. The molecule has 0 bridgehead atoms. The van der Waals surface area contributed by atoms with Gasteiger partial charge in [0.2, 0.25) is 0 Å². The van der Waals surface area contributed by atoms with Crippen molar-refractivity contribution in [1.29, 1.82) is 0 Å². The van der Waals surface area contributed by atoms with E-state index in [1.807, 2.05) is 13.0 Å². The van der Waals surface area contributed by atoms with Gasteiger partial charge in [0, 0.05) is 5.03 Å². The Morgan fingerprint density at radius 1 is 1.57 bits per heavy atom. The molecule has 0 saturated heterocycles. The van der Waals surface area contributed by atoms with Crippen molar-refractivity contribution >= 4 is 11.6 Å². The first-order valence-electron chi connectivity index (χ1n) is 2.47. The maximum Gasteiger partial charge on any atom is 0.0112 e. The van der Waals surface area contributed by atoms with Crippen molar-refractivity contribution in [2.75, 3.05) is 0 Å². The highest BCUT2D eigenvalue weighted by Gasteiger charge is 1.84. The third-order valence-electron chi connectivity index (χ3n) is 0.563. The third-order valence-corrected chi connectivity index (χ3v) is 0.689. The van der Waals surface area contributed by atoms with Crippen LogP contribution in [0.2, 0.25) is 0 Å². The Labute approximate surface area is 50.2 Å². The van der Waals surface area contributed by atoms with Crippen LogP contribution < -0.4 is 0 Å². The first-order chi connectivity index (χ1) is 3.13. The maximum atomic E-state index is 5.53. The molecule has 0 N–H and O–H groups in total. The average Bonchev–Trinajstić information content (AvgIpc) is 1.27. The van der Waals surface area contributed by atoms with Crippen LogP contribution in [0.25, 0.3) is 0 Å². The molecule has 0 aliphatic heterocycles. The molecular formula is C6H11Cl. The molecule has 0 aromatic carbocycles. The van der Waals surface area contributed by atoms with E-state index in [1.54, 1.807) is 0 Å². The van der Waals surface area contributed by atoms with Gasteiger partial charge in [0.15, 0.2) is 0 Å². The molecule has 0 spiro atoms. The van der Waals surface area contributed by atoms with Gasteiger partial charge in [-0.2, -0.15) is 0 Å². The van der Waals surface area contributed by atoms with E-state index in [-0.39, 0.29) is 0 Å². The van der Waals surface area contributed by atoms with E-state index >= 15 is 0 Å². The summed E-state index contributed by atoms with van der Waals surface area (Å²) < 4.78 is 0. The van der Waals surface area contributed by atoms with Gasteiger partial charge < -0.3 is 0 Å². The lowest BCUT2D eigenvalue weighted by Gasteiger charge is -1.91. The van der Waals surface area contributed by atoms with Crippen molar-refractivity contribution in [3.05, 3.63) is 11.1 Å². The van der Waals surface area contributed by atoms with Crippen LogP contribution in [0.3, 0.4) is 0 Å². The first kappa shape index (κ1) is 7.03. The minimum absolute atomic E-state index is 0.581. The molecule has 0 aromatic heterocycles. The van der Waals surface area contributed by atoms with E-state index in [1.165, 1.54) is 0 Å². The molecule has 0 aliphatic rings. The van der Waals surface area contributed by atoms with Crippen molar-refractivity contribution in [3.63, 3.8) is 0 Å². The van der Waals surface area contributed by atoms with Gasteiger partial charge in [-0.25, -0.2) is 0 Å².